The molecule has 1 amide bonds. The summed E-state index contributed by atoms with van der Waals surface area (Å²) in [5.74, 6) is 0.654. The maximum atomic E-state index is 12.4. The molecular formula is C16H20N8O. The van der Waals surface area contributed by atoms with E-state index in [0.717, 1.165) is 12.0 Å². The van der Waals surface area contributed by atoms with Crippen LogP contribution in [0.1, 0.15) is 30.3 Å². The lowest BCUT2D eigenvalue weighted by atomic mass is 10.0. The molecule has 0 aliphatic rings. The van der Waals surface area contributed by atoms with Crippen LogP contribution in [-0.4, -0.2) is 40.9 Å². The number of rotatable bonds is 8. The van der Waals surface area contributed by atoms with Crippen molar-refractivity contribution >= 4 is 5.91 Å². The fourth-order valence-corrected chi connectivity index (χ4v) is 2.55. The Labute approximate surface area is 145 Å². The average Bonchev–Trinajstić information content (AvgIpc) is 3.29. The van der Waals surface area contributed by atoms with Gasteiger partial charge in [0.15, 0.2) is 0 Å². The van der Waals surface area contributed by atoms with Gasteiger partial charge in [0.25, 0.3) is 0 Å². The molecule has 0 saturated heterocycles. The van der Waals surface area contributed by atoms with Gasteiger partial charge in [-0.15, -0.1) is 5.10 Å². The summed E-state index contributed by atoms with van der Waals surface area (Å²) in [7, 11) is 0. The van der Waals surface area contributed by atoms with Crippen LogP contribution < -0.4 is 5.32 Å². The number of tetrazole rings is 1. The highest BCUT2D eigenvalue weighted by Crippen LogP contribution is 2.17. The van der Waals surface area contributed by atoms with Crippen molar-refractivity contribution in [3.05, 3.63) is 54.4 Å². The fourth-order valence-electron chi connectivity index (χ4n) is 2.55. The molecule has 1 aromatic carbocycles. The van der Waals surface area contributed by atoms with Crippen LogP contribution in [0.5, 0.6) is 0 Å². The molecule has 2 aromatic heterocycles. The van der Waals surface area contributed by atoms with Crippen molar-refractivity contribution < 1.29 is 4.79 Å². The Kier molecular flexibility index (Phi) is 5.45. The van der Waals surface area contributed by atoms with Crippen molar-refractivity contribution in [2.24, 2.45) is 0 Å². The van der Waals surface area contributed by atoms with E-state index in [1.165, 1.54) is 6.33 Å². The monoisotopic (exact) mass is 340 g/mol. The molecule has 0 spiro atoms. The van der Waals surface area contributed by atoms with Gasteiger partial charge in [0.2, 0.25) is 5.91 Å². The molecule has 0 bridgehead atoms. The van der Waals surface area contributed by atoms with Crippen LogP contribution in [0, 0.1) is 6.92 Å². The zero-order valence-corrected chi connectivity index (χ0v) is 14.0. The number of nitrogens with one attached hydrogen (secondary N) is 1. The third-order valence-corrected chi connectivity index (χ3v) is 3.91. The molecule has 9 heteroatoms. The number of hydrogen-bond acceptors (Lipinski definition) is 6. The SMILES string of the molecule is Cc1nnnn1CCC(=O)NC(CCn1cncn1)c1ccccc1. The lowest BCUT2D eigenvalue weighted by Crippen LogP contribution is -2.30. The average molecular weight is 340 g/mol. The first kappa shape index (κ1) is 16.7. The minimum Gasteiger partial charge on any atom is -0.349 e. The van der Waals surface area contributed by atoms with Crippen LogP contribution in [0.15, 0.2) is 43.0 Å². The summed E-state index contributed by atoms with van der Waals surface area (Å²) in [5, 5.41) is 18.5. The largest absolute Gasteiger partial charge is 0.349 e. The molecule has 1 atom stereocenters. The Morgan fingerprint density at radius 2 is 2.08 bits per heavy atom. The van der Waals surface area contributed by atoms with Gasteiger partial charge in [0.1, 0.15) is 18.5 Å². The summed E-state index contributed by atoms with van der Waals surface area (Å²) >= 11 is 0. The Morgan fingerprint density at radius 1 is 1.24 bits per heavy atom. The molecule has 3 aromatic rings. The number of aryl methyl sites for hydroxylation is 3. The van der Waals surface area contributed by atoms with Crippen molar-refractivity contribution in [2.75, 3.05) is 0 Å². The van der Waals surface area contributed by atoms with Gasteiger partial charge in [-0.1, -0.05) is 30.3 Å². The molecule has 130 valence electrons. The van der Waals surface area contributed by atoms with Gasteiger partial charge in [-0.25, -0.2) is 9.67 Å². The molecule has 0 radical (unpaired) electrons. The predicted octanol–water partition coefficient (Wildman–Crippen LogP) is 0.911. The van der Waals surface area contributed by atoms with E-state index in [9.17, 15) is 4.79 Å². The predicted molar refractivity (Wildman–Crippen MR) is 89.1 cm³/mol. The third kappa shape index (κ3) is 4.69. The van der Waals surface area contributed by atoms with Gasteiger partial charge in [0.05, 0.1) is 12.6 Å². The van der Waals surface area contributed by atoms with Crippen LogP contribution in [0.4, 0.5) is 0 Å². The van der Waals surface area contributed by atoms with E-state index >= 15 is 0 Å². The zero-order valence-electron chi connectivity index (χ0n) is 14.0. The van der Waals surface area contributed by atoms with Crippen LogP contribution in [-0.2, 0) is 17.9 Å². The number of hydrogen-bond donors (Lipinski definition) is 1. The van der Waals surface area contributed by atoms with Crippen LogP contribution >= 0.6 is 0 Å². The first-order chi connectivity index (χ1) is 12.2. The second kappa shape index (κ2) is 8.13. The van der Waals surface area contributed by atoms with E-state index in [1.807, 2.05) is 37.3 Å². The summed E-state index contributed by atoms with van der Waals surface area (Å²) in [6.45, 7) is 2.93. The number of carbonyl (C=O) groups is 1. The second-order valence-electron chi connectivity index (χ2n) is 5.68. The minimum absolute atomic E-state index is 0.0395. The standard InChI is InChI=1S/C16H20N8O/c1-13-20-21-22-24(13)10-8-16(25)19-15(14-5-3-2-4-6-14)7-9-23-12-17-11-18-23/h2-6,11-12,15H,7-10H2,1H3,(H,19,25). The molecule has 2 heterocycles. The Hall–Kier alpha value is -3.10. The van der Waals surface area contributed by atoms with Gasteiger partial charge in [0, 0.05) is 13.0 Å². The molecule has 1 N–H and O–H groups in total. The van der Waals surface area contributed by atoms with E-state index in [2.05, 4.69) is 30.9 Å². The van der Waals surface area contributed by atoms with E-state index in [0.29, 0.717) is 25.3 Å². The lowest BCUT2D eigenvalue weighted by molar-refractivity contribution is -0.122. The third-order valence-electron chi connectivity index (χ3n) is 3.91. The van der Waals surface area contributed by atoms with Gasteiger partial charge in [-0.2, -0.15) is 5.10 Å². The molecule has 0 aliphatic carbocycles. The van der Waals surface area contributed by atoms with Crippen molar-refractivity contribution in [1.82, 2.24) is 40.3 Å². The van der Waals surface area contributed by atoms with E-state index < -0.39 is 0 Å². The van der Waals surface area contributed by atoms with Crippen molar-refractivity contribution in [3.63, 3.8) is 0 Å². The summed E-state index contributed by atoms with van der Waals surface area (Å²) < 4.78 is 3.37. The summed E-state index contributed by atoms with van der Waals surface area (Å²) in [5.41, 5.74) is 1.06. The van der Waals surface area contributed by atoms with E-state index in [-0.39, 0.29) is 11.9 Å². The minimum atomic E-state index is -0.0899. The topological polar surface area (TPSA) is 103 Å². The molecule has 1 unspecified atom stereocenters. The molecular weight excluding hydrogens is 320 g/mol. The summed E-state index contributed by atoms with van der Waals surface area (Å²) in [6, 6.07) is 9.83. The molecule has 3 rings (SSSR count). The number of aromatic nitrogens is 7. The lowest BCUT2D eigenvalue weighted by Gasteiger charge is -2.19. The van der Waals surface area contributed by atoms with Crippen LogP contribution in [0.3, 0.4) is 0 Å². The van der Waals surface area contributed by atoms with Crippen molar-refractivity contribution in [3.8, 4) is 0 Å². The Morgan fingerprint density at radius 3 is 2.76 bits per heavy atom. The molecule has 9 nitrogen and oxygen atoms in total. The van der Waals surface area contributed by atoms with Crippen molar-refractivity contribution in [2.45, 2.75) is 38.9 Å². The maximum absolute atomic E-state index is 12.4. The fraction of sp³-hybridized carbons (Fsp3) is 0.375. The Bertz CT molecular complexity index is 784. The van der Waals surface area contributed by atoms with E-state index in [4.69, 9.17) is 0 Å². The van der Waals surface area contributed by atoms with Crippen LogP contribution in [0.25, 0.3) is 0 Å². The number of carbonyl (C=O) groups excluding carboxylic acids is 1. The zero-order chi connectivity index (χ0) is 17.5. The smallest absolute Gasteiger partial charge is 0.222 e. The van der Waals surface area contributed by atoms with Crippen LogP contribution in [0.2, 0.25) is 0 Å². The maximum Gasteiger partial charge on any atom is 0.222 e. The number of amides is 1. The molecule has 0 fully saturated rings. The molecule has 25 heavy (non-hydrogen) atoms. The number of nitrogens with zero attached hydrogens (tertiary/aromatic N) is 7. The van der Waals surface area contributed by atoms with Crippen molar-refractivity contribution in [1.29, 1.82) is 0 Å². The normalized spacial score (nSPS) is 12.0. The van der Waals surface area contributed by atoms with Gasteiger partial charge < -0.3 is 5.32 Å². The van der Waals surface area contributed by atoms with E-state index in [1.54, 1.807) is 15.7 Å². The highest BCUT2D eigenvalue weighted by atomic mass is 16.1. The highest BCUT2D eigenvalue weighted by Gasteiger charge is 2.15. The van der Waals surface area contributed by atoms with Gasteiger partial charge >= 0.3 is 0 Å². The van der Waals surface area contributed by atoms with Gasteiger partial charge in [-0.3, -0.25) is 9.48 Å². The molecule has 0 saturated carbocycles. The molecule has 0 aliphatic heterocycles. The number of benzene rings is 1. The summed E-state index contributed by atoms with van der Waals surface area (Å²) in [6.07, 6.45) is 4.22. The quantitative estimate of drug-likeness (QED) is 0.654. The second-order valence-corrected chi connectivity index (χ2v) is 5.68. The first-order valence-corrected chi connectivity index (χ1v) is 8.12. The summed E-state index contributed by atoms with van der Waals surface area (Å²) in [4.78, 5) is 16.3. The highest BCUT2D eigenvalue weighted by molar-refractivity contribution is 5.76. The first-order valence-electron chi connectivity index (χ1n) is 8.12. The Balaban J connectivity index is 1.60. The van der Waals surface area contributed by atoms with Gasteiger partial charge in [-0.05, 0) is 29.3 Å².